The number of anilines is 1. The van der Waals surface area contributed by atoms with Gasteiger partial charge in [-0.2, -0.15) is 0 Å². The Balaban J connectivity index is 1.90. The van der Waals surface area contributed by atoms with Crippen LogP contribution in [-0.2, 0) is 9.59 Å². The summed E-state index contributed by atoms with van der Waals surface area (Å²) in [6.07, 6.45) is 3.54. The van der Waals surface area contributed by atoms with Gasteiger partial charge in [0, 0.05) is 40.7 Å². The van der Waals surface area contributed by atoms with Gasteiger partial charge in [0.2, 0.25) is 5.75 Å². The predicted octanol–water partition coefficient (Wildman–Crippen LogP) is 3.71. The van der Waals surface area contributed by atoms with Crippen molar-refractivity contribution in [1.29, 1.82) is 0 Å². The van der Waals surface area contributed by atoms with Crippen LogP contribution in [0.2, 0.25) is 0 Å². The summed E-state index contributed by atoms with van der Waals surface area (Å²) >= 11 is 0. The Bertz CT molecular complexity index is 1150. The van der Waals surface area contributed by atoms with Gasteiger partial charge in [-0.15, -0.1) is 0 Å². The first kappa shape index (κ1) is 22.4. The third kappa shape index (κ3) is 4.04. The smallest absolute Gasteiger partial charge is 0.255 e. The summed E-state index contributed by atoms with van der Waals surface area (Å²) in [4.78, 5) is 30.9. The predicted molar refractivity (Wildman–Crippen MR) is 123 cm³/mol. The molecule has 0 fully saturated rings. The van der Waals surface area contributed by atoms with Gasteiger partial charge in [-0.3, -0.25) is 9.59 Å². The van der Waals surface area contributed by atoms with E-state index in [-0.39, 0.29) is 11.7 Å². The van der Waals surface area contributed by atoms with Crippen LogP contribution in [0.1, 0.15) is 37.7 Å². The Hall–Kier alpha value is -3.81. The molecule has 0 saturated carbocycles. The van der Waals surface area contributed by atoms with Crippen LogP contribution in [0.25, 0.3) is 0 Å². The summed E-state index contributed by atoms with van der Waals surface area (Å²) in [7, 11) is 4.60. The average Bonchev–Trinajstić information content (AvgIpc) is 2.82. The number of ether oxygens (including phenoxy) is 3. The molecular weight excluding hydrogens is 422 g/mol. The number of pyridine rings is 1. The van der Waals surface area contributed by atoms with Crippen LogP contribution < -0.4 is 24.8 Å². The minimum atomic E-state index is -0.632. The number of ketones is 1. The monoisotopic (exact) mass is 449 g/mol. The van der Waals surface area contributed by atoms with Gasteiger partial charge < -0.3 is 24.8 Å². The zero-order valence-corrected chi connectivity index (χ0v) is 19.2. The van der Waals surface area contributed by atoms with Crippen molar-refractivity contribution in [2.75, 3.05) is 26.6 Å². The molecule has 2 aliphatic rings. The second-order valence-electron chi connectivity index (χ2n) is 7.86. The minimum Gasteiger partial charge on any atom is -0.493 e. The maximum atomic E-state index is 13.5. The quantitative estimate of drug-likeness (QED) is 0.694. The lowest BCUT2D eigenvalue weighted by atomic mass is 9.74. The SMILES string of the molecule is COc1ccc([C@H]2C(C(=O)Nc3ccccn3)=C(C)NC3=C2C(=O)CCC3)c(OC)c1OC. The van der Waals surface area contributed by atoms with Gasteiger partial charge in [0.25, 0.3) is 5.91 Å². The molecule has 1 aromatic heterocycles. The average molecular weight is 450 g/mol. The lowest BCUT2D eigenvalue weighted by molar-refractivity contribution is -0.116. The van der Waals surface area contributed by atoms with Crippen molar-refractivity contribution >= 4 is 17.5 Å². The van der Waals surface area contributed by atoms with E-state index in [1.165, 1.54) is 14.2 Å². The molecule has 2 aromatic rings. The number of methoxy groups -OCH3 is 3. The number of allylic oxidation sites excluding steroid dienone is 3. The summed E-state index contributed by atoms with van der Waals surface area (Å²) in [5, 5.41) is 6.18. The van der Waals surface area contributed by atoms with Crippen LogP contribution in [-0.4, -0.2) is 38.0 Å². The fourth-order valence-corrected chi connectivity index (χ4v) is 4.57. The highest BCUT2D eigenvalue weighted by molar-refractivity contribution is 6.09. The first-order valence-corrected chi connectivity index (χ1v) is 10.7. The van der Waals surface area contributed by atoms with Crippen LogP contribution in [0, 0.1) is 0 Å². The van der Waals surface area contributed by atoms with E-state index in [1.54, 1.807) is 37.6 Å². The maximum absolute atomic E-state index is 13.5. The van der Waals surface area contributed by atoms with Crippen LogP contribution in [0.5, 0.6) is 17.2 Å². The summed E-state index contributed by atoms with van der Waals surface area (Å²) in [5.74, 6) is 0.791. The molecule has 2 N–H and O–H groups in total. The number of rotatable bonds is 6. The number of hydrogen-bond donors (Lipinski definition) is 2. The van der Waals surface area contributed by atoms with Crippen molar-refractivity contribution in [3.05, 3.63) is 64.6 Å². The molecule has 1 amide bonds. The van der Waals surface area contributed by atoms with Crippen molar-refractivity contribution in [1.82, 2.24) is 10.3 Å². The van der Waals surface area contributed by atoms with E-state index in [2.05, 4.69) is 15.6 Å². The Labute approximate surface area is 192 Å². The Morgan fingerprint density at radius 2 is 1.85 bits per heavy atom. The topological polar surface area (TPSA) is 98.8 Å². The number of aromatic nitrogens is 1. The number of benzene rings is 1. The van der Waals surface area contributed by atoms with E-state index in [9.17, 15) is 9.59 Å². The van der Waals surface area contributed by atoms with Crippen LogP contribution in [0.4, 0.5) is 5.82 Å². The highest BCUT2D eigenvalue weighted by Crippen LogP contribution is 2.49. The number of amides is 1. The molecule has 0 spiro atoms. The molecule has 1 aliphatic carbocycles. The van der Waals surface area contributed by atoms with Crippen molar-refractivity contribution in [2.45, 2.75) is 32.1 Å². The van der Waals surface area contributed by atoms with Gasteiger partial charge >= 0.3 is 0 Å². The number of carbonyl (C=O) groups excluding carboxylic acids is 2. The minimum absolute atomic E-state index is 0.0150. The van der Waals surface area contributed by atoms with Gasteiger partial charge in [0.1, 0.15) is 5.82 Å². The molecule has 1 aliphatic heterocycles. The molecule has 172 valence electrons. The third-order valence-electron chi connectivity index (χ3n) is 5.97. The number of nitrogens with zero attached hydrogens (tertiary/aromatic N) is 1. The first-order valence-electron chi connectivity index (χ1n) is 10.7. The van der Waals surface area contributed by atoms with Crippen LogP contribution in [0.3, 0.4) is 0 Å². The number of Topliss-reactive ketones (excluding diaryl/α,β-unsaturated/α-hetero) is 1. The Morgan fingerprint density at radius 1 is 1.06 bits per heavy atom. The van der Waals surface area contributed by atoms with E-state index >= 15 is 0 Å². The molecular formula is C25H27N3O5. The molecule has 0 saturated heterocycles. The van der Waals surface area contributed by atoms with Crippen molar-refractivity contribution in [3.8, 4) is 17.2 Å². The molecule has 0 unspecified atom stereocenters. The van der Waals surface area contributed by atoms with Gasteiger partial charge in [-0.25, -0.2) is 4.98 Å². The number of carbonyl (C=O) groups is 2. The fourth-order valence-electron chi connectivity index (χ4n) is 4.57. The van der Waals surface area contributed by atoms with Crippen LogP contribution >= 0.6 is 0 Å². The summed E-state index contributed by atoms with van der Waals surface area (Å²) in [6.45, 7) is 1.84. The fraction of sp³-hybridized carbons (Fsp3) is 0.320. The van der Waals surface area contributed by atoms with Gasteiger partial charge in [0.15, 0.2) is 17.3 Å². The van der Waals surface area contributed by atoms with E-state index < -0.39 is 5.92 Å². The molecule has 33 heavy (non-hydrogen) atoms. The maximum Gasteiger partial charge on any atom is 0.255 e. The zero-order chi connectivity index (χ0) is 23.5. The molecule has 4 rings (SSSR count). The van der Waals surface area contributed by atoms with E-state index in [0.29, 0.717) is 51.9 Å². The highest BCUT2D eigenvalue weighted by atomic mass is 16.5. The lowest BCUT2D eigenvalue weighted by Gasteiger charge is -2.35. The number of dihydropyridines is 1. The molecule has 1 atom stereocenters. The molecule has 8 nitrogen and oxygen atoms in total. The van der Waals surface area contributed by atoms with E-state index in [0.717, 1.165) is 18.5 Å². The van der Waals surface area contributed by atoms with E-state index in [4.69, 9.17) is 14.2 Å². The molecule has 0 bridgehead atoms. The third-order valence-corrected chi connectivity index (χ3v) is 5.97. The first-order chi connectivity index (χ1) is 16.0. The van der Waals surface area contributed by atoms with Crippen molar-refractivity contribution in [2.24, 2.45) is 0 Å². The molecule has 0 radical (unpaired) electrons. The normalized spacial score (nSPS) is 17.8. The summed E-state index contributed by atoms with van der Waals surface area (Å²) < 4.78 is 16.7. The van der Waals surface area contributed by atoms with Gasteiger partial charge in [-0.1, -0.05) is 12.1 Å². The van der Waals surface area contributed by atoms with Crippen molar-refractivity contribution < 1.29 is 23.8 Å². The molecule has 2 heterocycles. The van der Waals surface area contributed by atoms with E-state index in [1.807, 2.05) is 13.0 Å². The van der Waals surface area contributed by atoms with Gasteiger partial charge in [0.05, 0.1) is 27.2 Å². The number of nitrogens with one attached hydrogen (secondary N) is 2. The highest BCUT2D eigenvalue weighted by Gasteiger charge is 2.40. The molecule has 8 heteroatoms. The second kappa shape index (κ2) is 9.36. The Morgan fingerprint density at radius 3 is 2.52 bits per heavy atom. The Kier molecular flexibility index (Phi) is 6.35. The van der Waals surface area contributed by atoms with Crippen molar-refractivity contribution in [3.63, 3.8) is 0 Å². The zero-order valence-electron chi connectivity index (χ0n) is 19.2. The van der Waals surface area contributed by atoms with Crippen LogP contribution in [0.15, 0.2) is 59.1 Å². The summed E-state index contributed by atoms with van der Waals surface area (Å²) in [6, 6.07) is 8.87. The number of hydrogen-bond acceptors (Lipinski definition) is 7. The lowest BCUT2D eigenvalue weighted by Crippen LogP contribution is -2.35. The largest absolute Gasteiger partial charge is 0.493 e. The van der Waals surface area contributed by atoms with Gasteiger partial charge in [-0.05, 0) is 38.0 Å². The summed E-state index contributed by atoms with van der Waals surface area (Å²) in [5.41, 5.74) is 3.20. The second-order valence-corrected chi connectivity index (χ2v) is 7.86. The molecule has 1 aromatic carbocycles. The standard InChI is InChI=1S/C25H27N3O5/c1-14-20(25(30)28-19-10-5-6-13-26-19)21(22-16(27-14)8-7-9-17(22)29)15-11-12-18(31-2)24(33-4)23(15)32-3/h5-6,10-13,21,27H,7-9H2,1-4H3,(H,26,28,30)/t21-/m0/s1.